The predicted octanol–water partition coefficient (Wildman–Crippen LogP) is 14.1. The SMILES string of the molecule is CCCOc1c2cccc1Cc1cccc(c1OCCC)Cc1c(C=N[C@@H]3CCCC[C@H]3N=Cc3cc(C(C)(C)C)cc(C(C)(C)C)c3O)c(O)cc(c1OCCC)Cc1cccc(c1OCCC)C2.[O]=[U]=[O]. The van der Waals surface area contributed by atoms with Crippen LogP contribution in [0, 0.1) is 27.8 Å². The molecule has 0 saturated heterocycles. The van der Waals surface area contributed by atoms with Gasteiger partial charge in [-0.25, -0.2) is 0 Å². The minimum atomic E-state index is -2.51. The summed E-state index contributed by atoms with van der Waals surface area (Å²) in [6.07, 6.45) is 13.2. The van der Waals surface area contributed by atoms with Crippen molar-refractivity contribution < 1.29 is 61.5 Å². The second kappa shape index (κ2) is 26.9. The van der Waals surface area contributed by atoms with E-state index in [0.717, 1.165) is 136 Å². The number of nitrogens with zero attached hydrogens (tertiary/aromatic N) is 2. The van der Waals surface area contributed by atoms with Gasteiger partial charge in [-0.05, 0) is 100 Å². The summed E-state index contributed by atoms with van der Waals surface area (Å²) in [4.78, 5) is 10.6. The number of phenols is 2. The van der Waals surface area contributed by atoms with Gasteiger partial charge in [-0.1, -0.05) is 143 Å². The quantitative estimate of drug-likeness (QED) is 0.0915. The van der Waals surface area contributed by atoms with E-state index in [-0.39, 0.29) is 34.4 Å². The zero-order valence-electron chi connectivity index (χ0n) is 45.3. The molecule has 73 heavy (non-hydrogen) atoms. The molecular formula is C62H80N2O8U. The van der Waals surface area contributed by atoms with Gasteiger partial charge in [0.05, 0.1) is 38.5 Å². The second-order valence-electron chi connectivity index (χ2n) is 21.6. The van der Waals surface area contributed by atoms with Gasteiger partial charge in [0.2, 0.25) is 0 Å². The summed E-state index contributed by atoms with van der Waals surface area (Å²) in [7, 11) is 0. The fraction of sp³-hybridized carbons (Fsp3) is 0.484. The minimum absolute atomic E-state index is 0.0933. The van der Waals surface area contributed by atoms with Gasteiger partial charge in [0.25, 0.3) is 0 Å². The number of phenolic OH excluding ortho intramolecular Hbond substituents is 2. The van der Waals surface area contributed by atoms with Crippen LogP contribution in [0.25, 0.3) is 0 Å². The number of hydrogen-bond donors (Lipinski definition) is 2. The first kappa shape index (κ1) is 57.2. The van der Waals surface area contributed by atoms with Crippen molar-refractivity contribution in [1.82, 2.24) is 0 Å². The summed E-state index contributed by atoms with van der Waals surface area (Å²) in [6.45, 7) is 23.9. The first-order valence-electron chi connectivity index (χ1n) is 26.7. The van der Waals surface area contributed by atoms with Crippen LogP contribution in [0.4, 0.5) is 0 Å². The molecule has 1 saturated carbocycles. The van der Waals surface area contributed by atoms with Crippen LogP contribution in [0.5, 0.6) is 34.5 Å². The molecule has 0 spiro atoms. The van der Waals surface area contributed by atoms with E-state index in [4.69, 9.17) is 33.4 Å². The summed E-state index contributed by atoms with van der Waals surface area (Å²) in [6, 6.07) is 25.3. The number of benzene rings is 5. The fourth-order valence-corrected chi connectivity index (χ4v) is 9.88. The Morgan fingerprint density at radius 1 is 0.548 bits per heavy atom. The van der Waals surface area contributed by atoms with Crippen LogP contribution in [0.1, 0.15) is 187 Å². The van der Waals surface area contributed by atoms with Crippen LogP contribution in [-0.4, -0.2) is 61.2 Å². The molecule has 0 heterocycles. The molecular weight excluding hydrogens is 1140 g/mol. The van der Waals surface area contributed by atoms with Crippen molar-refractivity contribution in [3.63, 3.8) is 0 Å². The van der Waals surface area contributed by atoms with Crippen molar-refractivity contribution in [3.8, 4) is 34.5 Å². The normalized spacial score (nSPS) is 15.9. The number of hydrogen-bond acceptors (Lipinski definition) is 10. The third-order valence-corrected chi connectivity index (χ3v) is 13.6. The van der Waals surface area contributed by atoms with E-state index < -0.39 is 27.8 Å². The van der Waals surface area contributed by atoms with E-state index in [2.05, 4.69) is 136 Å². The molecule has 0 radical (unpaired) electrons. The molecule has 390 valence electrons. The molecule has 0 amide bonds. The van der Waals surface area contributed by atoms with Crippen molar-refractivity contribution >= 4 is 12.4 Å². The van der Waals surface area contributed by atoms with Crippen molar-refractivity contribution in [2.75, 3.05) is 26.4 Å². The topological polar surface area (TPSA) is 136 Å². The van der Waals surface area contributed by atoms with Gasteiger partial charge in [0.15, 0.2) is 0 Å². The van der Waals surface area contributed by atoms with Gasteiger partial charge in [-0.3, -0.25) is 9.98 Å². The summed E-state index contributed by atoms with van der Waals surface area (Å²) >= 11 is -2.51. The summed E-state index contributed by atoms with van der Waals surface area (Å²) < 4.78 is 44.2. The molecule has 0 aliphatic heterocycles. The maximum atomic E-state index is 12.4. The van der Waals surface area contributed by atoms with E-state index in [9.17, 15) is 10.2 Å². The molecule has 2 atom stereocenters. The summed E-state index contributed by atoms with van der Waals surface area (Å²) in [5.41, 5.74) is 11.3. The maximum absolute atomic E-state index is 12.4. The molecule has 5 aromatic carbocycles. The third-order valence-electron chi connectivity index (χ3n) is 13.6. The van der Waals surface area contributed by atoms with Crippen molar-refractivity contribution in [1.29, 1.82) is 0 Å². The van der Waals surface area contributed by atoms with Crippen LogP contribution in [-0.2, 0) is 41.0 Å². The number of ether oxygens (including phenoxy) is 4. The number of aliphatic imine (C=N–C) groups is 2. The number of rotatable bonds is 16. The summed E-state index contributed by atoms with van der Waals surface area (Å²) in [5.74, 6) is 3.85. The Morgan fingerprint density at radius 2 is 0.945 bits per heavy atom. The Hall–Kier alpha value is -5.11. The average molecular weight is 1220 g/mol. The Balaban J connectivity index is 0.00000283. The van der Waals surface area contributed by atoms with Gasteiger partial charge < -0.3 is 29.2 Å². The van der Waals surface area contributed by atoms with Crippen molar-refractivity contribution in [2.24, 2.45) is 9.98 Å². The standard InChI is InChI=1S/C62H80N2O6.2O.U/c1-11-28-67-57-41-20-17-21-42(57)33-44-23-19-25-46(59(44)69-30-13-3)36-50-51(55(65)37-47(60(50)70-31-14-4)34-45-24-18-22-43(32-41)58(45)68-29-12-2)40-64-54-27-16-15-26-53(54)63-39-48-35-49(61(5,6)7)38-52(56(48)66)62(8,9)10;;;/h17-25,35,37-40,53-54,65-66H,11-16,26-34,36H2,1-10H3;;;/t53-,54-;;;/m1.../s1. The van der Waals surface area contributed by atoms with E-state index in [1.165, 1.54) is 0 Å². The third kappa shape index (κ3) is 14.8. The molecule has 8 bridgehead atoms. The Morgan fingerprint density at radius 3 is 1.36 bits per heavy atom. The van der Waals surface area contributed by atoms with Gasteiger partial charge >= 0.3 is 32.3 Å². The summed E-state index contributed by atoms with van der Waals surface area (Å²) in [5, 5.41) is 24.1. The molecule has 11 heteroatoms. The molecule has 0 aromatic heterocycles. The predicted molar refractivity (Wildman–Crippen MR) is 290 cm³/mol. The number of fused-ring (bicyclic) bond motifs is 8. The monoisotopic (exact) mass is 1220 g/mol. The molecule has 7 rings (SSSR count). The molecule has 1 fully saturated rings. The zero-order chi connectivity index (χ0) is 52.7. The van der Waals surface area contributed by atoms with Crippen LogP contribution in [0.15, 0.2) is 82.8 Å². The first-order chi connectivity index (χ1) is 35.1. The Labute approximate surface area is 450 Å². The van der Waals surface area contributed by atoms with Gasteiger partial charge in [0.1, 0.15) is 34.5 Å². The average Bonchev–Trinajstić information content (AvgIpc) is 3.34. The fourth-order valence-electron chi connectivity index (χ4n) is 9.88. The number of para-hydroxylation sites is 3. The van der Waals surface area contributed by atoms with Crippen molar-refractivity contribution in [2.45, 2.75) is 169 Å². The molecule has 2 N–H and O–H groups in total. The second-order valence-corrected chi connectivity index (χ2v) is 22.3. The zero-order valence-corrected chi connectivity index (χ0v) is 49.5. The first-order valence-corrected chi connectivity index (χ1v) is 30.1. The molecule has 2 aliphatic carbocycles. The Kier molecular flexibility index (Phi) is 21.1. The molecule has 5 aromatic rings. The van der Waals surface area contributed by atoms with E-state index in [1.54, 1.807) is 0 Å². The molecule has 2 aliphatic rings. The Bertz CT molecular complexity index is 2740. The van der Waals surface area contributed by atoms with Gasteiger partial charge in [0, 0.05) is 65.9 Å². The van der Waals surface area contributed by atoms with Crippen LogP contribution in [0.3, 0.4) is 0 Å². The van der Waals surface area contributed by atoms with E-state index in [0.29, 0.717) is 57.7 Å². The van der Waals surface area contributed by atoms with Gasteiger partial charge in [-0.15, -0.1) is 0 Å². The van der Waals surface area contributed by atoms with Crippen LogP contribution < -0.4 is 18.9 Å². The van der Waals surface area contributed by atoms with Crippen LogP contribution in [0.2, 0.25) is 0 Å². The van der Waals surface area contributed by atoms with Gasteiger partial charge in [-0.2, -0.15) is 0 Å². The van der Waals surface area contributed by atoms with Crippen LogP contribution >= 0.6 is 0 Å². The molecule has 0 unspecified atom stereocenters. The molecule has 10 nitrogen and oxygen atoms in total. The van der Waals surface area contributed by atoms with E-state index >= 15 is 0 Å². The number of aromatic hydroxyl groups is 2. The van der Waals surface area contributed by atoms with E-state index in [1.807, 2.05) is 18.5 Å². The van der Waals surface area contributed by atoms with Crippen molar-refractivity contribution in [3.05, 3.63) is 140 Å².